The van der Waals surface area contributed by atoms with Gasteiger partial charge in [-0.25, -0.2) is 14.3 Å². The Morgan fingerprint density at radius 3 is 2.95 bits per heavy atom. The maximum atomic E-state index is 11.4. The molecule has 0 spiro atoms. The molecule has 0 saturated carbocycles. The minimum Gasteiger partial charge on any atom is -0.476 e. The van der Waals surface area contributed by atoms with E-state index in [0.717, 1.165) is 0 Å². The molecule has 0 atom stereocenters. The predicted octanol–water partition coefficient (Wildman–Crippen LogP) is -0.479. The van der Waals surface area contributed by atoms with Gasteiger partial charge in [-0.1, -0.05) is 5.21 Å². The van der Waals surface area contributed by atoms with Gasteiger partial charge in [0.25, 0.3) is 0 Å². The largest absolute Gasteiger partial charge is 0.476 e. The summed E-state index contributed by atoms with van der Waals surface area (Å²) in [5.74, 6) is -1.14. The lowest BCUT2D eigenvalue weighted by Crippen LogP contribution is -2.31. The monoisotopic (exact) mass is 265 g/mol. The van der Waals surface area contributed by atoms with Gasteiger partial charge < -0.3 is 15.7 Å². The molecule has 2 heterocycles. The molecule has 4 N–H and O–H groups in total. The lowest BCUT2D eigenvalue weighted by molar-refractivity contribution is 0.0690. The molecule has 0 fully saturated rings. The number of carbonyl (C=O) groups excluding carboxylic acids is 1. The first kappa shape index (κ1) is 12.5. The lowest BCUT2D eigenvalue weighted by atomic mass is 10.5. The van der Waals surface area contributed by atoms with Crippen LogP contribution in [0.4, 0.5) is 10.5 Å². The number of nitrogens with one attached hydrogen (secondary N) is 3. The molecule has 0 unspecified atom stereocenters. The Balaban J connectivity index is 1.73. The van der Waals surface area contributed by atoms with E-state index >= 15 is 0 Å². The zero-order valence-corrected chi connectivity index (χ0v) is 9.70. The second-order valence-electron chi connectivity index (χ2n) is 3.54. The third-order valence-electron chi connectivity index (χ3n) is 2.14. The predicted molar refractivity (Wildman–Crippen MR) is 62.6 cm³/mol. The van der Waals surface area contributed by atoms with Gasteiger partial charge in [0.2, 0.25) is 0 Å². The van der Waals surface area contributed by atoms with Gasteiger partial charge in [0.15, 0.2) is 5.69 Å². The lowest BCUT2D eigenvalue weighted by Gasteiger charge is -2.05. The topological polar surface area (TPSA) is 138 Å². The molecule has 0 aromatic carbocycles. The van der Waals surface area contributed by atoms with Gasteiger partial charge in [-0.2, -0.15) is 5.10 Å². The number of aromatic nitrogens is 5. The Bertz CT molecular complexity index is 562. The first-order valence-corrected chi connectivity index (χ1v) is 5.32. The van der Waals surface area contributed by atoms with Crippen LogP contribution in [0.15, 0.2) is 18.6 Å². The van der Waals surface area contributed by atoms with Crippen molar-refractivity contribution in [2.75, 3.05) is 11.9 Å². The number of nitrogens with zero attached hydrogens (tertiary/aromatic N) is 4. The number of urea groups is 1. The molecule has 0 saturated heterocycles. The second kappa shape index (κ2) is 5.62. The summed E-state index contributed by atoms with van der Waals surface area (Å²) in [4.78, 5) is 22.0. The summed E-state index contributed by atoms with van der Waals surface area (Å²) >= 11 is 0. The molecule has 2 aromatic rings. The number of carboxylic acids is 1. The molecular weight excluding hydrogens is 254 g/mol. The van der Waals surface area contributed by atoms with Crippen LogP contribution in [0.2, 0.25) is 0 Å². The van der Waals surface area contributed by atoms with Gasteiger partial charge in [0.1, 0.15) is 0 Å². The minimum absolute atomic E-state index is 0.136. The second-order valence-corrected chi connectivity index (χ2v) is 3.54. The average molecular weight is 265 g/mol. The number of aromatic carboxylic acids is 1. The molecule has 2 rings (SSSR count). The quantitative estimate of drug-likeness (QED) is 0.576. The van der Waals surface area contributed by atoms with Gasteiger partial charge in [0, 0.05) is 12.7 Å². The maximum Gasteiger partial charge on any atom is 0.358 e. The summed E-state index contributed by atoms with van der Waals surface area (Å²) in [6, 6.07) is -0.389. The highest BCUT2D eigenvalue weighted by Crippen LogP contribution is 1.99. The third-order valence-corrected chi connectivity index (χ3v) is 2.14. The van der Waals surface area contributed by atoms with E-state index in [0.29, 0.717) is 12.2 Å². The number of rotatable bonds is 5. The standard InChI is InChI=1S/C9H11N7O3/c17-8(18)7-5-16(15-14-7)2-1-10-9(19)13-6-3-11-12-4-6/h3-5H,1-2H2,(H,11,12)(H,17,18)(H2,10,13,19). The molecule has 0 aliphatic rings. The van der Waals surface area contributed by atoms with E-state index in [4.69, 9.17) is 5.11 Å². The van der Waals surface area contributed by atoms with E-state index in [1.54, 1.807) is 0 Å². The molecule has 10 heteroatoms. The summed E-state index contributed by atoms with van der Waals surface area (Å²) in [6.07, 6.45) is 4.30. The number of carboxylic acid groups (broad SMARTS) is 1. The van der Waals surface area contributed by atoms with Gasteiger partial charge in [-0.3, -0.25) is 5.10 Å². The first-order valence-electron chi connectivity index (χ1n) is 5.32. The number of anilines is 1. The zero-order valence-electron chi connectivity index (χ0n) is 9.70. The van der Waals surface area contributed by atoms with Crippen molar-refractivity contribution in [2.24, 2.45) is 0 Å². The zero-order chi connectivity index (χ0) is 13.7. The fourth-order valence-electron chi connectivity index (χ4n) is 1.28. The number of H-pyrrole nitrogens is 1. The molecular formula is C9H11N7O3. The van der Waals surface area contributed by atoms with Crippen LogP contribution in [0, 0.1) is 0 Å². The average Bonchev–Trinajstić information content (AvgIpc) is 3.00. The van der Waals surface area contributed by atoms with Crippen molar-refractivity contribution in [3.63, 3.8) is 0 Å². The van der Waals surface area contributed by atoms with Crippen molar-refractivity contribution in [1.29, 1.82) is 0 Å². The van der Waals surface area contributed by atoms with E-state index in [-0.39, 0.29) is 18.3 Å². The van der Waals surface area contributed by atoms with Gasteiger partial charge in [-0.05, 0) is 0 Å². The Morgan fingerprint density at radius 1 is 1.47 bits per heavy atom. The van der Waals surface area contributed by atoms with Crippen LogP contribution in [-0.2, 0) is 6.54 Å². The molecule has 0 aliphatic heterocycles. The highest BCUT2D eigenvalue weighted by atomic mass is 16.4. The molecule has 2 aromatic heterocycles. The smallest absolute Gasteiger partial charge is 0.358 e. The molecule has 0 radical (unpaired) electrons. The molecule has 19 heavy (non-hydrogen) atoms. The SMILES string of the molecule is O=C(NCCn1cc(C(=O)O)nn1)Nc1cn[nH]c1. The first-order chi connectivity index (χ1) is 9.15. The van der Waals surface area contributed by atoms with Crippen LogP contribution in [-0.4, -0.2) is 48.8 Å². The number of amides is 2. The van der Waals surface area contributed by atoms with Crippen LogP contribution in [0.25, 0.3) is 0 Å². The molecule has 0 bridgehead atoms. The number of hydrogen-bond donors (Lipinski definition) is 4. The Hall–Kier alpha value is -2.91. The van der Waals surface area contributed by atoms with E-state index < -0.39 is 5.97 Å². The summed E-state index contributed by atoms with van der Waals surface area (Å²) in [5, 5.41) is 27.1. The van der Waals surface area contributed by atoms with E-state index in [1.807, 2.05) is 0 Å². The van der Waals surface area contributed by atoms with Crippen molar-refractivity contribution in [3.05, 3.63) is 24.3 Å². The normalized spacial score (nSPS) is 10.1. The van der Waals surface area contributed by atoms with Gasteiger partial charge in [0.05, 0.1) is 24.6 Å². The van der Waals surface area contributed by atoms with Crippen molar-refractivity contribution >= 4 is 17.7 Å². The van der Waals surface area contributed by atoms with Crippen LogP contribution in [0.5, 0.6) is 0 Å². The van der Waals surface area contributed by atoms with Crippen LogP contribution in [0.1, 0.15) is 10.5 Å². The van der Waals surface area contributed by atoms with Gasteiger partial charge in [-0.15, -0.1) is 5.10 Å². The van der Waals surface area contributed by atoms with Crippen LogP contribution in [0.3, 0.4) is 0 Å². The number of hydrogen-bond acceptors (Lipinski definition) is 5. The summed E-state index contributed by atoms with van der Waals surface area (Å²) in [7, 11) is 0. The van der Waals surface area contributed by atoms with Gasteiger partial charge >= 0.3 is 12.0 Å². The summed E-state index contributed by atoms with van der Waals surface area (Å²) in [5.41, 5.74) is 0.411. The highest BCUT2D eigenvalue weighted by Gasteiger charge is 2.08. The Kier molecular flexibility index (Phi) is 3.71. The van der Waals surface area contributed by atoms with Crippen molar-refractivity contribution in [1.82, 2.24) is 30.5 Å². The molecule has 10 nitrogen and oxygen atoms in total. The van der Waals surface area contributed by atoms with Crippen molar-refractivity contribution < 1.29 is 14.7 Å². The van der Waals surface area contributed by atoms with Crippen molar-refractivity contribution in [3.8, 4) is 0 Å². The van der Waals surface area contributed by atoms with E-state index in [1.165, 1.54) is 23.3 Å². The van der Waals surface area contributed by atoms with Crippen molar-refractivity contribution in [2.45, 2.75) is 6.54 Å². The Labute approximate surface area is 106 Å². The number of carbonyl (C=O) groups is 2. The van der Waals surface area contributed by atoms with E-state index in [9.17, 15) is 9.59 Å². The maximum absolute atomic E-state index is 11.4. The summed E-state index contributed by atoms with van der Waals surface area (Å²) < 4.78 is 1.33. The third kappa shape index (κ3) is 3.52. The molecule has 0 aliphatic carbocycles. The molecule has 2 amide bonds. The fraction of sp³-hybridized carbons (Fsp3) is 0.222. The van der Waals surface area contributed by atoms with Crippen LogP contribution >= 0.6 is 0 Å². The Morgan fingerprint density at radius 2 is 2.32 bits per heavy atom. The summed E-state index contributed by atoms with van der Waals surface area (Å²) in [6.45, 7) is 0.602. The van der Waals surface area contributed by atoms with Crippen LogP contribution < -0.4 is 10.6 Å². The number of aromatic amines is 1. The minimum atomic E-state index is -1.14. The molecule has 100 valence electrons. The van der Waals surface area contributed by atoms with E-state index in [2.05, 4.69) is 31.1 Å². The highest BCUT2D eigenvalue weighted by molar-refractivity contribution is 5.88. The fourth-order valence-corrected chi connectivity index (χ4v) is 1.28.